The van der Waals surface area contributed by atoms with Crippen molar-refractivity contribution in [3.8, 4) is 11.8 Å². The van der Waals surface area contributed by atoms with Crippen molar-refractivity contribution >= 4 is 17.2 Å². The summed E-state index contributed by atoms with van der Waals surface area (Å²) in [5.41, 5.74) is 6.80. The number of carbonyl (C=O) groups excluding carboxylic acids is 1. The van der Waals surface area contributed by atoms with E-state index >= 15 is 0 Å². The molecule has 1 amide bonds. The van der Waals surface area contributed by atoms with Gasteiger partial charge in [0, 0.05) is 19.0 Å². The lowest BCUT2D eigenvalue weighted by molar-refractivity contribution is 0.0785. The molecular formula is C16H15FN2OS. The number of hydrogen-bond donors (Lipinski definition) is 1. The normalized spacial score (nSPS) is 9.86. The monoisotopic (exact) mass is 302 g/mol. The van der Waals surface area contributed by atoms with E-state index in [-0.39, 0.29) is 11.7 Å². The van der Waals surface area contributed by atoms with Crippen molar-refractivity contribution < 1.29 is 9.18 Å². The molecule has 1 aromatic carbocycles. The van der Waals surface area contributed by atoms with E-state index in [4.69, 9.17) is 5.73 Å². The second-order valence-corrected chi connectivity index (χ2v) is 5.40. The van der Waals surface area contributed by atoms with Gasteiger partial charge in [0.2, 0.25) is 0 Å². The highest BCUT2D eigenvalue weighted by Crippen LogP contribution is 2.16. The molecule has 0 unspecified atom stereocenters. The van der Waals surface area contributed by atoms with Crippen molar-refractivity contribution in [3.05, 3.63) is 57.5 Å². The van der Waals surface area contributed by atoms with Crippen LogP contribution in [-0.2, 0) is 6.54 Å². The van der Waals surface area contributed by atoms with E-state index in [2.05, 4.69) is 11.8 Å². The molecule has 0 saturated carbocycles. The van der Waals surface area contributed by atoms with Crippen LogP contribution >= 0.6 is 11.3 Å². The van der Waals surface area contributed by atoms with Gasteiger partial charge in [-0.2, -0.15) is 0 Å². The van der Waals surface area contributed by atoms with Gasteiger partial charge in [-0.15, -0.1) is 11.3 Å². The molecule has 0 spiro atoms. The minimum absolute atomic E-state index is 0.0867. The second-order valence-electron chi connectivity index (χ2n) is 4.49. The largest absolute Gasteiger partial charge is 0.337 e. The topological polar surface area (TPSA) is 46.3 Å². The Kier molecular flexibility index (Phi) is 5.09. The molecule has 2 rings (SSSR count). The van der Waals surface area contributed by atoms with Crippen LogP contribution in [0.15, 0.2) is 35.7 Å². The van der Waals surface area contributed by atoms with Crippen LogP contribution in [0.25, 0.3) is 0 Å². The predicted molar refractivity (Wildman–Crippen MR) is 82.4 cm³/mol. The fourth-order valence-corrected chi connectivity index (χ4v) is 2.56. The molecule has 21 heavy (non-hydrogen) atoms. The maximum absolute atomic E-state index is 12.9. The van der Waals surface area contributed by atoms with E-state index in [1.165, 1.54) is 23.5 Å². The summed E-state index contributed by atoms with van der Waals surface area (Å²) in [5, 5.41) is 1.78. The fourth-order valence-electron chi connectivity index (χ4n) is 1.81. The molecule has 108 valence electrons. The number of thiophene rings is 1. The van der Waals surface area contributed by atoms with Crippen LogP contribution in [0.4, 0.5) is 4.39 Å². The molecule has 5 heteroatoms. The summed E-state index contributed by atoms with van der Waals surface area (Å²) >= 11 is 1.42. The Bertz CT molecular complexity index is 682. The van der Waals surface area contributed by atoms with Crippen molar-refractivity contribution in [1.82, 2.24) is 4.90 Å². The number of nitrogens with zero attached hydrogens (tertiary/aromatic N) is 1. The van der Waals surface area contributed by atoms with Crippen molar-refractivity contribution in [2.75, 3.05) is 13.6 Å². The van der Waals surface area contributed by atoms with E-state index < -0.39 is 0 Å². The Hall–Kier alpha value is -2.16. The highest BCUT2D eigenvalue weighted by Gasteiger charge is 2.13. The average Bonchev–Trinajstić information content (AvgIpc) is 2.95. The average molecular weight is 302 g/mol. The Morgan fingerprint density at radius 1 is 1.38 bits per heavy atom. The van der Waals surface area contributed by atoms with Gasteiger partial charge in [-0.05, 0) is 23.8 Å². The zero-order valence-electron chi connectivity index (χ0n) is 11.6. The highest BCUT2D eigenvalue weighted by atomic mass is 32.1. The van der Waals surface area contributed by atoms with Crippen LogP contribution < -0.4 is 5.73 Å². The lowest BCUT2D eigenvalue weighted by Gasteiger charge is -2.16. The zero-order chi connectivity index (χ0) is 15.2. The van der Waals surface area contributed by atoms with Gasteiger partial charge < -0.3 is 10.6 Å². The van der Waals surface area contributed by atoms with Gasteiger partial charge in [-0.1, -0.05) is 24.0 Å². The second kappa shape index (κ2) is 7.02. The molecule has 0 aliphatic heterocycles. The molecule has 1 aromatic heterocycles. The van der Waals surface area contributed by atoms with Crippen LogP contribution in [0.5, 0.6) is 0 Å². The number of rotatable bonds is 3. The third-order valence-corrected chi connectivity index (χ3v) is 3.69. The smallest absolute Gasteiger partial charge is 0.254 e. The van der Waals surface area contributed by atoms with E-state index in [9.17, 15) is 9.18 Å². The lowest BCUT2D eigenvalue weighted by atomic mass is 10.2. The zero-order valence-corrected chi connectivity index (χ0v) is 12.4. The third kappa shape index (κ3) is 4.15. The van der Waals surface area contributed by atoms with Crippen LogP contribution in [0, 0.1) is 17.7 Å². The molecule has 2 aromatic rings. The highest BCUT2D eigenvalue weighted by molar-refractivity contribution is 7.10. The van der Waals surface area contributed by atoms with E-state index in [0.29, 0.717) is 18.7 Å². The molecule has 1 heterocycles. The summed E-state index contributed by atoms with van der Waals surface area (Å²) < 4.78 is 12.9. The molecule has 0 saturated heterocycles. The summed E-state index contributed by atoms with van der Waals surface area (Å²) in [6, 6.07) is 7.88. The number of halogens is 1. The summed E-state index contributed by atoms with van der Waals surface area (Å²) in [5.74, 6) is 5.29. The van der Waals surface area contributed by atoms with E-state index in [1.54, 1.807) is 35.5 Å². The standard InChI is InChI=1S/C16H15FN2OS/c1-19(10-12-4-6-14(17)7-5-12)16(20)13-9-15(21-11-13)3-2-8-18/h4-7,9,11H,8,10,18H2,1H3. The Morgan fingerprint density at radius 2 is 2.10 bits per heavy atom. The molecule has 0 aliphatic rings. The molecule has 0 radical (unpaired) electrons. The maximum atomic E-state index is 12.9. The quantitative estimate of drug-likeness (QED) is 0.885. The van der Waals surface area contributed by atoms with Gasteiger partial charge in [-0.25, -0.2) is 4.39 Å². The Labute approximate surface area is 127 Å². The van der Waals surface area contributed by atoms with Crippen molar-refractivity contribution in [3.63, 3.8) is 0 Å². The minimum Gasteiger partial charge on any atom is -0.337 e. The SMILES string of the molecule is CN(Cc1ccc(F)cc1)C(=O)c1csc(C#CCN)c1. The summed E-state index contributed by atoms with van der Waals surface area (Å²) in [6.45, 7) is 0.727. The van der Waals surface area contributed by atoms with Gasteiger partial charge >= 0.3 is 0 Å². The first-order valence-electron chi connectivity index (χ1n) is 6.37. The molecule has 0 fully saturated rings. The molecule has 0 aliphatic carbocycles. The fraction of sp³-hybridized carbons (Fsp3) is 0.188. The number of nitrogens with two attached hydrogens (primary N) is 1. The van der Waals surface area contributed by atoms with Crippen molar-refractivity contribution in [2.24, 2.45) is 5.73 Å². The first-order chi connectivity index (χ1) is 10.1. The molecule has 0 atom stereocenters. The lowest BCUT2D eigenvalue weighted by Crippen LogP contribution is -2.25. The number of hydrogen-bond acceptors (Lipinski definition) is 3. The van der Waals surface area contributed by atoms with Crippen molar-refractivity contribution in [1.29, 1.82) is 0 Å². The van der Waals surface area contributed by atoms with Gasteiger partial charge in [-0.3, -0.25) is 4.79 Å². The third-order valence-electron chi connectivity index (χ3n) is 2.84. The van der Waals surface area contributed by atoms with Crippen LogP contribution in [0.1, 0.15) is 20.8 Å². The van der Waals surface area contributed by atoms with E-state index in [0.717, 1.165) is 10.4 Å². The minimum atomic E-state index is -0.284. The van der Waals surface area contributed by atoms with Gasteiger partial charge in [0.1, 0.15) is 5.82 Å². The van der Waals surface area contributed by atoms with E-state index in [1.807, 2.05) is 0 Å². The summed E-state index contributed by atoms with van der Waals surface area (Å²) in [7, 11) is 1.72. The Balaban J connectivity index is 2.05. The van der Waals surface area contributed by atoms with Crippen LogP contribution in [0.2, 0.25) is 0 Å². The maximum Gasteiger partial charge on any atom is 0.254 e. The molecule has 2 N–H and O–H groups in total. The van der Waals surface area contributed by atoms with Gasteiger partial charge in [0.25, 0.3) is 5.91 Å². The predicted octanol–water partition coefficient (Wildman–Crippen LogP) is 2.47. The van der Waals surface area contributed by atoms with Crippen molar-refractivity contribution in [2.45, 2.75) is 6.54 Å². The molecule has 0 bridgehead atoms. The van der Waals surface area contributed by atoms with Gasteiger partial charge in [0.15, 0.2) is 0 Å². The first-order valence-corrected chi connectivity index (χ1v) is 7.25. The first kappa shape index (κ1) is 15.2. The molecular weight excluding hydrogens is 287 g/mol. The number of carbonyl (C=O) groups is 1. The molecule has 3 nitrogen and oxygen atoms in total. The summed E-state index contributed by atoms with van der Waals surface area (Å²) in [6.07, 6.45) is 0. The summed E-state index contributed by atoms with van der Waals surface area (Å²) in [4.78, 5) is 14.7. The van der Waals surface area contributed by atoms with Crippen LogP contribution in [-0.4, -0.2) is 24.4 Å². The number of amides is 1. The Morgan fingerprint density at radius 3 is 2.76 bits per heavy atom. The van der Waals surface area contributed by atoms with Crippen LogP contribution in [0.3, 0.4) is 0 Å². The number of benzene rings is 1. The van der Waals surface area contributed by atoms with Gasteiger partial charge in [0.05, 0.1) is 17.0 Å².